The number of hydrogen-bond acceptors (Lipinski definition) is 6. The Hall–Kier alpha value is -2.71. The van der Waals surface area contributed by atoms with Crippen molar-refractivity contribution in [2.24, 2.45) is 5.92 Å². The molecule has 0 aliphatic rings. The zero-order chi connectivity index (χ0) is 25.9. The average molecular weight is 496 g/mol. The fourth-order valence-corrected chi connectivity index (χ4v) is 3.96. The van der Waals surface area contributed by atoms with Crippen LogP contribution >= 0.6 is 0 Å². The third kappa shape index (κ3) is 8.17. The zero-order valence-electron chi connectivity index (χ0n) is 22.3. The minimum atomic E-state index is -0.601. The monoisotopic (exact) mass is 495 g/mol. The molecule has 0 unspecified atom stereocenters. The van der Waals surface area contributed by atoms with E-state index in [0.29, 0.717) is 51.3 Å². The first-order valence-electron chi connectivity index (χ1n) is 12.8. The molecule has 1 atom stereocenters. The highest BCUT2D eigenvalue weighted by Gasteiger charge is 2.24. The summed E-state index contributed by atoms with van der Waals surface area (Å²) in [5.74, 6) is 1.88. The number of benzene rings is 2. The highest BCUT2D eigenvalue weighted by atomic mass is 16.5. The molecule has 3 rings (SSSR count). The maximum Gasteiger partial charge on any atom is 0.227 e. The van der Waals surface area contributed by atoms with Gasteiger partial charge in [-0.05, 0) is 43.5 Å². The van der Waals surface area contributed by atoms with Gasteiger partial charge >= 0.3 is 0 Å². The summed E-state index contributed by atoms with van der Waals surface area (Å²) in [6.45, 7) is 11.6. The van der Waals surface area contributed by atoms with Crippen molar-refractivity contribution in [3.05, 3.63) is 71.4 Å². The van der Waals surface area contributed by atoms with Gasteiger partial charge in [0.1, 0.15) is 5.75 Å². The van der Waals surface area contributed by atoms with Crippen LogP contribution in [0.2, 0.25) is 0 Å². The molecule has 2 aromatic carbocycles. The van der Waals surface area contributed by atoms with E-state index in [2.05, 4.69) is 32.6 Å². The Morgan fingerprint density at radius 1 is 1.03 bits per heavy atom. The number of aliphatic hydroxyl groups excluding tert-OH is 1. The van der Waals surface area contributed by atoms with E-state index in [1.807, 2.05) is 59.3 Å². The molecule has 3 aromatic rings. The van der Waals surface area contributed by atoms with E-state index < -0.39 is 6.10 Å². The van der Waals surface area contributed by atoms with Gasteiger partial charge in [0.15, 0.2) is 0 Å². The first-order chi connectivity index (χ1) is 17.4. The van der Waals surface area contributed by atoms with Crippen molar-refractivity contribution in [1.29, 1.82) is 0 Å². The maximum absolute atomic E-state index is 10.7. The lowest BCUT2D eigenvalue weighted by atomic mass is 10.1. The Morgan fingerprint density at radius 3 is 2.39 bits per heavy atom. The zero-order valence-corrected chi connectivity index (χ0v) is 22.3. The number of hydrogen-bond donors (Lipinski definition) is 1. The molecule has 0 aliphatic heterocycles. The van der Waals surface area contributed by atoms with Crippen molar-refractivity contribution in [2.75, 3.05) is 40.0 Å². The molecule has 0 aliphatic carbocycles. The van der Waals surface area contributed by atoms with Crippen molar-refractivity contribution in [3.63, 3.8) is 0 Å². The minimum absolute atomic E-state index is 0.304. The summed E-state index contributed by atoms with van der Waals surface area (Å²) in [5, 5.41) is 15.6. The summed E-state index contributed by atoms with van der Waals surface area (Å²) < 4.78 is 19.4. The van der Waals surface area contributed by atoms with Crippen LogP contribution in [-0.2, 0) is 22.4 Å². The Bertz CT molecular complexity index is 1030. The highest BCUT2D eigenvalue weighted by Crippen LogP contribution is 2.32. The van der Waals surface area contributed by atoms with Gasteiger partial charge < -0.3 is 19.3 Å². The Labute approximate surface area is 215 Å². The summed E-state index contributed by atoms with van der Waals surface area (Å²) in [5.41, 5.74) is 4.08. The molecule has 7 nitrogen and oxygen atoms in total. The number of para-hydroxylation sites is 1. The highest BCUT2D eigenvalue weighted by molar-refractivity contribution is 5.44. The quantitative estimate of drug-likeness (QED) is 0.319. The van der Waals surface area contributed by atoms with Crippen LogP contribution < -0.4 is 4.74 Å². The standard InChI is InChI=1S/C29H41N3O4/c1-6-28-27(19-31(16-17-34-5)18-25(33)21-35-20-22(2)3)29(36-26-14-12-23(4)13-15-26)32(30-28)24-10-8-7-9-11-24/h7-15,22,25,33H,6,16-21H2,1-5H3/t25-/m1/s1. The molecule has 0 radical (unpaired) electrons. The Balaban J connectivity index is 1.92. The number of rotatable bonds is 15. The average Bonchev–Trinajstić information content (AvgIpc) is 3.21. The minimum Gasteiger partial charge on any atom is -0.439 e. The maximum atomic E-state index is 10.7. The normalized spacial score (nSPS) is 12.4. The van der Waals surface area contributed by atoms with Crippen molar-refractivity contribution < 1.29 is 19.3 Å². The van der Waals surface area contributed by atoms with Crippen LogP contribution in [-0.4, -0.2) is 65.9 Å². The van der Waals surface area contributed by atoms with Gasteiger partial charge in [-0.1, -0.05) is 56.7 Å². The van der Waals surface area contributed by atoms with Gasteiger partial charge in [-0.3, -0.25) is 4.90 Å². The second-order valence-electron chi connectivity index (χ2n) is 9.56. The molecule has 1 N–H and O–H groups in total. The molecule has 36 heavy (non-hydrogen) atoms. The lowest BCUT2D eigenvalue weighted by molar-refractivity contribution is 0.00323. The molecule has 0 saturated carbocycles. The number of aliphatic hydroxyl groups is 1. The van der Waals surface area contributed by atoms with E-state index in [-0.39, 0.29) is 0 Å². The lowest BCUT2D eigenvalue weighted by Crippen LogP contribution is -2.37. The predicted molar refractivity (Wildman–Crippen MR) is 143 cm³/mol. The van der Waals surface area contributed by atoms with E-state index in [1.165, 1.54) is 5.56 Å². The lowest BCUT2D eigenvalue weighted by Gasteiger charge is -2.25. The fourth-order valence-electron chi connectivity index (χ4n) is 3.96. The van der Waals surface area contributed by atoms with Crippen molar-refractivity contribution in [2.45, 2.75) is 46.8 Å². The topological polar surface area (TPSA) is 69.0 Å². The summed E-state index contributed by atoms with van der Waals surface area (Å²) in [7, 11) is 1.69. The van der Waals surface area contributed by atoms with Gasteiger partial charge in [-0.15, -0.1) is 0 Å². The van der Waals surface area contributed by atoms with E-state index >= 15 is 0 Å². The summed E-state index contributed by atoms with van der Waals surface area (Å²) >= 11 is 0. The van der Waals surface area contributed by atoms with E-state index in [0.717, 1.165) is 29.1 Å². The Kier molecular flexibility index (Phi) is 10.9. The van der Waals surface area contributed by atoms with E-state index in [9.17, 15) is 5.11 Å². The second kappa shape index (κ2) is 14.1. The predicted octanol–water partition coefficient (Wildman–Crippen LogP) is 5.02. The SMILES string of the molecule is CCc1nn(-c2ccccc2)c(Oc2ccc(C)cc2)c1CN(CCOC)C[C@@H](O)COCC(C)C. The van der Waals surface area contributed by atoms with Crippen molar-refractivity contribution in [3.8, 4) is 17.3 Å². The first kappa shape index (κ1) is 27.9. The molecule has 0 spiro atoms. The number of nitrogens with zero attached hydrogens (tertiary/aromatic N) is 3. The van der Waals surface area contributed by atoms with Crippen LogP contribution in [0.4, 0.5) is 0 Å². The van der Waals surface area contributed by atoms with Crippen molar-refractivity contribution >= 4 is 0 Å². The number of methoxy groups -OCH3 is 1. The van der Waals surface area contributed by atoms with Crippen LogP contribution in [0.5, 0.6) is 11.6 Å². The van der Waals surface area contributed by atoms with Crippen LogP contribution in [0.3, 0.4) is 0 Å². The van der Waals surface area contributed by atoms with Gasteiger partial charge in [0.05, 0.1) is 36.3 Å². The van der Waals surface area contributed by atoms with E-state index in [1.54, 1.807) is 7.11 Å². The first-order valence-corrected chi connectivity index (χ1v) is 12.8. The van der Waals surface area contributed by atoms with Gasteiger partial charge in [0.25, 0.3) is 0 Å². The molecule has 1 heterocycles. The molecule has 0 amide bonds. The number of aromatic nitrogens is 2. The van der Waals surface area contributed by atoms with Gasteiger partial charge in [-0.2, -0.15) is 5.10 Å². The molecule has 1 aromatic heterocycles. The van der Waals surface area contributed by atoms with Crippen LogP contribution in [0.15, 0.2) is 54.6 Å². The largest absolute Gasteiger partial charge is 0.439 e. The van der Waals surface area contributed by atoms with Crippen molar-refractivity contribution in [1.82, 2.24) is 14.7 Å². The molecule has 0 bridgehead atoms. The van der Waals surface area contributed by atoms with Crippen LogP contribution in [0.1, 0.15) is 37.6 Å². The van der Waals surface area contributed by atoms with Gasteiger partial charge in [-0.25, -0.2) is 4.68 Å². The molecular formula is C29H41N3O4. The molecule has 0 saturated heterocycles. The second-order valence-corrected chi connectivity index (χ2v) is 9.56. The fraction of sp³-hybridized carbons (Fsp3) is 0.483. The molecule has 7 heteroatoms. The molecular weight excluding hydrogens is 454 g/mol. The third-order valence-electron chi connectivity index (χ3n) is 5.81. The summed E-state index contributed by atoms with van der Waals surface area (Å²) in [6, 6.07) is 18.1. The third-order valence-corrected chi connectivity index (χ3v) is 5.81. The van der Waals surface area contributed by atoms with Crippen LogP contribution in [0, 0.1) is 12.8 Å². The van der Waals surface area contributed by atoms with Gasteiger partial charge in [0.2, 0.25) is 5.88 Å². The summed E-state index contributed by atoms with van der Waals surface area (Å²) in [6.07, 6.45) is 0.161. The molecule has 0 fully saturated rings. The molecule has 196 valence electrons. The van der Waals surface area contributed by atoms with Gasteiger partial charge in [0, 0.05) is 33.4 Å². The number of ether oxygens (including phenoxy) is 3. The summed E-state index contributed by atoms with van der Waals surface area (Å²) in [4.78, 5) is 2.18. The number of aryl methyl sites for hydroxylation is 2. The van der Waals surface area contributed by atoms with E-state index in [4.69, 9.17) is 19.3 Å². The Morgan fingerprint density at radius 2 is 1.75 bits per heavy atom. The van der Waals surface area contributed by atoms with Crippen LogP contribution in [0.25, 0.3) is 5.69 Å². The smallest absolute Gasteiger partial charge is 0.227 e.